The molecule has 1 atom stereocenters. The lowest BCUT2D eigenvalue weighted by molar-refractivity contribution is 0.201. The van der Waals surface area contributed by atoms with Crippen molar-refractivity contribution in [2.24, 2.45) is 18.0 Å². The molecule has 1 fully saturated rings. The summed E-state index contributed by atoms with van der Waals surface area (Å²) < 4.78 is 2.22. The van der Waals surface area contributed by atoms with E-state index in [-0.39, 0.29) is 0 Å². The SMILES string of the molecule is CC.CN(Cc1nnc(CC2CCN(C3=NCCN3)CC2)n1C)C1CCCc2cccnc21. The Morgan fingerprint density at radius 1 is 1.12 bits per heavy atom. The number of aliphatic imine (C=N–C) groups is 1. The van der Waals surface area contributed by atoms with Crippen LogP contribution in [0.5, 0.6) is 0 Å². The molecule has 3 aliphatic rings. The van der Waals surface area contributed by atoms with Gasteiger partial charge in [-0.15, -0.1) is 10.2 Å². The Bertz CT molecular complexity index is 928. The molecule has 0 radical (unpaired) electrons. The van der Waals surface area contributed by atoms with Gasteiger partial charge >= 0.3 is 0 Å². The first-order chi connectivity index (χ1) is 16.2. The molecule has 1 N–H and O–H groups in total. The second kappa shape index (κ2) is 11.1. The molecule has 0 aromatic carbocycles. The summed E-state index contributed by atoms with van der Waals surface area (Å²) in [7, 11) is 4.32. The third-order valence-corrected chi connectivity index (χ3v) is 7.19. The number of nitrogens with one attached hydrogen (secondary N) is 1. The van der Waals surface area contributed by atoms with Crippen molar-refractivity contribution in [3.05, 3.63) is 41.2 Å². The number of likely N-dealkylation sites (tertiary alicyclic amines) is 1. The van der Waals surface area contributed by atoms with E-state index in [4.69, 9.17) is 4.98 Å². The first-order valence-electron chi connectivity index (χ1n) is 12.7. The second-order valence-electron chi connectivity index (χ2n) is 9.23. The first-order valence-corrected chi connectivity index (χ1v) is 12.7. The van der Waals surface area contributed by atoms with E-state index in [1.54, 1.807) is 0 Å². The van der Waals surface area contributed by atoms with Gasteiger partial charge < -0.3 is 14.8 Å². The minimum Gasteiger partial charge on any atom is -0.354 e. The van der Waals surface area contributed by atoms with Crippen LogP contribution in [0.4, 0.5) is 0 Å². The van der Waals surface area contributed by atoms with E-state index >= 15 is 0 Å². The Kier molecular flexibility index (Phi) is 7.96. The number of aryl methyl sites for hydroxylation is 1. The summed E-state index contributed by atoms with van der Waals surface area (Å²) in [6.07, 6.45) is 8.83. The largest absolute Gasteiger partial charge is 0.354 e. The van der Waals surface area contributed by atoms with Gasteiger partial charge in [0.15, 0.2) is 5.96 Å². The molecule has 8 nitrogen and oxygen atoms in total. The van der Waals surface area contributed by atoms with Crippen molar-refractivity contribution < 1.29 is 0 Å². The average molecular weight is 453 g/mol. The number of aromatic nitrogens is 4. The number of hydrogen-bond donors (Lipinski definition) is 1. The van der Waals surface area contributed by atoms with Gasteiger partial charge in [0.2, 0.25) is 0 Å². The lowest BCUT2D eigenvalue weighted by Crippen LogP contribution is -2.44. The highest BCUT2D eigenvalue weighted by Crippen LogP contribution is 2.32. The van der Waals surface area contributed by atoms with Crippen LogP contribution in [-0.2, 0) is 26.4 Å². The summed E-state index contributed by atoms with van der Waals surface area (Å²) >= 11 is 0. The summed E-state index contributed by atoms with van der Waals surface area (Å²) in [5.41, 5.74) is 2.64. The molecule has 2 aromatic heterocycles. The quantitative estimate of drug-likeness (QED) is 0.752. The fourth-order valence-corrected chi connectivity index (χ4v) is 5.27. The maximum absolute atomic E-state index is 4.70. The van der Waals surface area contributed by atoms with Crippen molar-refractivity contribution in [1.29, 1.82) is 0 Å². The fourth-order valence-electron chi connectivity index (χ4n) is 5.27. The van der Waals surface area contributed by atoms with E-state index in [9.17, 15) is 0 Å². The molecular weight excluding hydrogens is 412 g/mol. The van der Waals surface area contributed by atoms with E-state index in [1.807, 2.05) is 20.0 Å². The van der Waals surface area contributed by atoms with Crippen LogP contribution < -0.4 is 5.32 Å². The number of pyridine rings is 1. The van der Waals surface area contributed by atoms with E-state index in [2.05, 4.69) is 61.1 Å². The van der Waals surface area contributed by atoms with Crippen molar-refractivity contribution in [3.63, 3.8) is 0 Å². The highest BCUT2D eigenvalue weighted by atomic mass is 15.3. The van der Waals surface area contributed by atoms with Gasteiger partial charge in [0.25, 0.3) is 0 Å². The van der Waals surface area contributed by atoms with Crippen LogP contribution in [0.3, 0.4) is 0 Å². The lowest BCUT2D eigenvalue weighted by atomic mass is 9.91. The molecule has 33 heavy (non-hydrogen) atoms. The van der Waals surface area contributed by atoms with Crippen LogP contribution in [0.15, 0.2) is 23.3 Å². The number of rotatable bonds is 5. The van der Waals surface area contributed by atoms with Gasteiger partial charge in [-0.05, 0) is 56.7 Å². The van der Waals surface area contributed by atoms with Crippen LogP contribution in [0, 0.1) is 5.92 Å². The number of guanidine groups is 1. The molecule has 180 valence electrons. The molecule has 8 heteroatoms. The van der Waals surface area contributed by atoms with Crippen LogP contribution in [0.2, 0.25) is 0 Å². The molecule has 4 heterocycles. The minimum atomic E-state index is 0.363. The predicted molar refractivity (Wildman–Crippen MR) is 132 cm³/mol. The van der Waals surface area contributed by atoms with Crippen LogP contribution in [0.25, 0.3) is 0 Å². The van der Waals surface area contributed by atoms with Gasteiger partial charge in [0.05, 0.1) is 24.8 Å². The molecular formula is C25H40N8. The van der Waals surface area contributed by atoms with Gasteiger partial charge in [0, 0.05) is 39.3 Å². The van der Waals surface area contributed by atoms with Crippen LogP contribution >= 0.6 is 0 Å². The molecule has 1 saturated heterocycles. The highest BCUT2D eigenvalue weighted by Gasteiger charge is 2.27. The molecule has 2 aliphatic heterocycles. The Morgan fingerprint density at radius 3 is 2.67 bits per heavy atom. The molecule has 5 rings (SSSR count). The topological polar surface area (TPSA) is 74.5 Å². The summed E-state index contributed by atoms with van der Waals surface area (Å²) in [4.78, 5) is 14.1. The molecule has 2 aromatic rings. The highest BCUT2D eigenvalue weighted by molar-refractivity contribution is 5.81. The van der Waals surface area contributed by atoms with Crippen LogP contribution in [0.1, 0.15) is 68.5 Å². The molecule has 1 unspecified atom stereocenters. The molecule has 0 amide bonds. The zero-order valence-electron chi connectivity index (χ0n) is 20.8. The Balaban J connectivity index is 0.00000126. The van der Waals surface area contributed by atoms with E-state index in [1.165, 1.54) is 30.5 Å². The maximum Gasteiger partial charge on any atom is 0.194 e. The Morgan fingerprint density at radius 2 is 1.91 bits per heavy atom. The first kappa shape index (κ1) is 23.7. The normalized spacial score (nSPS) is 20.7. The smallest absolute Gasteiger partial charge is 0.194 e. The zero-order chi connectivity index (χ0) is 23.2. The monoisotopic (exact) mass is 452 g/mol. The van der Waals surface area contributed by atoms with Gasteiger partial charge in [0.1, 0.15) is 11.6 Å². The second-order valence-corrected chi connectivity index (χ2v) is 9.23. The Labute approximate surface area is 198 Å². The predicted octanol–water partition coefficient (Wildman–Crippen LogP) is 2.96. The molecule has 0 bridgehead atoms. The van der Waals surface area contributed by atoms with Gasteiger partial charge in [-0.3, -0.25) is 14.9 Å². The zero-order valence-corrected chi connectivity index (χ0v) is 20.8. The van der Waals surface area contributed by atoms with E-state index in [0.29, 0.717) is 12.0 Å². The number of piperidine rings is 1. The third-order valence-electron chi connectivity index (χ3n) is 7.19. The minimum absolute atomic E-state index is 0.363. The number of fused-ring (bicyclic) bond motifs is 1. The van der Waals surface area contributed by atoms with E-state index < -0.39 is 0 Å². The third kappa shape index (κ3) is 5.37. The molecule has 0 spiro atoms. The lowest BCUT2D eigenvalue weighted by Gasteiger charge is -2.33. The average Bonchev–Trinajstić information content (AvgIpc) is 3.52. The molecule has 1 aliphatic carbocycles. The van der Waals surface area contributed by atoms with Crippen molar-refractivity contribution in [2.75, 3.05) is 33.2 Å². The van der Waals surface area contributed by atoms with Crippen molar-refractivity contribution in [1.82, 2.24) is 34.9 Å². The van der Waals surface area contributed by atoms with Gasteiger partial charge in [-0.1, -0.05) is 19.9 Å². The summed E-state index contributed by atoms with van der Waals surface area (Å²) in [5, 5.41) is 12.5. The Hall–Kier alpha value is -2.48. The summed E-state index contributed by atoms with van der Waals surface area (Å²) in [5.74, 6) is 3.92. The maximum atomic E-state index is 4.70. The molecule has 0 saturated carbocycles. The number of hydrogen-bond acceptors (Lipinski definition) is 7. The standard InChI is InChI=1S/C23H34N8.C2H6/c1-29(19-7-3-5-18-6-4-10-24-22(18)19)16-21-28-27-20(30(21)2)15-17-8-13-31(14-9-17)23-25-11-12-26-23;1-2/h4,6,10,17,19H,3,5,7-9,11-16H2,1-2H3,(H,25,26);1-2H3. The fraction of sp³-hybridized carbons (Fsp3) is 0.680. The van der Waals surface area contributed by atoms with E-state index in [0.717, 1.165) is 69.6 Å². The van der Waals surface area contributed by atoms with Crippen molar-refractivity contribution in [3.8, 4) is 0 Å². The summed E-state index contributed by atoms with van der Waals surface area (Å²) in [6.45, 7) is 8.85. The number of nitrogens with zero attached hydrogens (tertiary/aromatic N) is 7. The van der Waals surface area contributed by atoms with Crippen LogP contribution in [-0.4, -0.2) is 68.7 Å². The summed E-state index contributed by atoms with van der Waals surface area (Å²) in [6, 6.07) is 4.64. The van der Waals surface area contributed by atoms with Crippen molar-refractivity contribution in [2.45, 2.75) is 65.0 Å². The van der Waals surface area contributed by atoms with Gasteiger partial charge in [-0.2, -0.15) is 0 Å². The van der Waals surface area contributed by atoms with Gasteiger partial charge in [-0.25, -0.2) is 0 Å². The van der Waals surface area contributed by atoms with Crippen molar-refractivity contribution >= 4 is 5.96 Å².